The van der Waals surface area contributed by atoms with Crippen molar-refractivity contribution in [1.82, 2.24) is 4.90 Å². The van der Waals surface area contributed by atoms with Gasteiger partial charge in [-0.05, 0) is 59.3 Å². The summed E-state index contributed by atoms with van der Waals surface area (Å²) in [6.07, 6.45) is 4.89. The first kappa shape index (κ1) is 14.6. The van der Waals surface area contributed by atoms with Gasteiger partial charge in [-0.25, -0.2) is 4.79 Å². The van der Waals surface area contributed by atoms with Crippen LogP contribution in [0, 0.1) is 5.92 Å². The minimum atomic E-state index is -0.772. The third-order valence-electron chi connectivity index (χ3n) is 4.49. The molecule has 1 aliphatic heterocycles. The average Bonchev–Trinajstić information content (AvgIpc) is 2.58. The van der Waals surface area contributed by atoms with Crippen LogP contribution in [0.3, 0.4) is 0 Å². The zero-order valence-electron chi connectivity index (χ0n) is 12.6. The molecule has 1 aliphatic carbocycles. The Hall–Kier alpha value is -0.770. The van der Waals surface area contributed by atoms with Gasteiger partial charge in [0.2, 0.25) is 0 Å². The van der Waals surface area contributed by atoms with E-state index >= 15 is 0 Å². The Labute approximate surface area is 116 Å². The van der Waals surface area contributed by atoms with E-state index < -0.39 is 11.2 Å². The van der Waals surface area contributed by atoms with Crippen LogP contribution in [0.15, 0.2) is 0 Å². The van der Waals surface area contributed by atoms with E-state index in [1.54, 1.807) is 4.90 Å². The molecule has 1 saturated heterocycles. The van der Waals surface area contributed by atoms with Crippen molar-refractivity contribution in [1.29, 1.82) is 0 Å². The summed E-state index contributed by atoms with van der Waals surface area (Å²) in [6.45, 7) is 8.22. The highest BCUT2D eigenvalue weighted by atomic mass is 16.6. The number of hydrogen-bond donors (Lipinski definition) is 1. The maximum absolute atomic E-state index is 12.2. The third-order valence-corrected chi connectivity index (χ3v) is 4.49. The van der Waals surface area contributed by atoms with E-state index in [9.17, 15) is 9.90 Å². The van der Waals surface area contributed by atoms with Crippen LogP contribution in [-0.4, -0.2) is 39.9 Å². The van der Waals surface area contributed by atoms with Crippen molar-refractivity contribution in [2.75, 3.05) is 6.54 Å². The van der Waals surface area contributed by atoms with Gasteiger partial charge < -0.3 is 14.7 Å². The predicted molar refractivity (Wildman–Crippen MR) is 73.9 cm³/mol. The molecule has 1 amide bonds. The molecule has 2 fully saturated rings. The largest absolute Gasteiger partial charge is 0.444 e. The van der Waals surface area contributed by atoms with Crippen molar-refractivity contribution in [3.63, 3.8) is 0 Å². The Balaban J connectivity index is 2.06. The van der Waals surface area contributed by atoms with Gasteiger partial charge in [0, 0.05) is 6.54 Å². The SMILES string of the molecule is CC(C)(C)OC(=O)N1CCC[C@H]1[C@](C)(O)C1CCC1. The van der Waals surface area contributed by atoms with Crippen LogP contribution in [0.2, 0.25) is 0 Å². The van der Waals surface area contributed by atoms with E-state index in [-0.39, 0.29) is 12.1 Å². The lowest BCUT2D eigenvalue weighted by Crippen LogP contribution is -2.56. The summed E-state index contributed by atoms with van der Waals surface area (Å²) in [5, 5.41) is 10.8. The molecular formula is C15H27NO3. The average molecular weight is 269 g/mol. The molecule has 110 valence electrons. The van der Waals surface area contributed by atoms with E-state index in [2.05, 4.69) is 0 Å². The van der Waals surface area contributed by atoms with E-state index in [4.69, 9.17) is 4.74 Å². The molecule has 1 N–H and O–H groups in total. The van der Waals surface area contributed by atoms with Crippen LogP contribution < -0.4 is 0 Å². The molecule has 4 heteroatoms. The van der Waals surface area contributed by atoms with Crippen LogP contribution in [0.1, 0.15) is 59.8 Å². The lowest BCUT2D eigenvalue weighted by atomic mass is 9.70. The number of carbonyl (C=O) groups excluding carboxylic acids is 1. The number of aliphatic hydroxyl groups is 1. The van der Waals surface area contributed by atoms with Crippen molar-refractivity contribution < 1.29 is 14.6 Å². The molecule has 0 spiro atoms. The molecule has 1 heterocycles. The maximum Gasteiger partial charge on any atom is 0.410 e. The minimum Gasteiger partial charge on any atom is -0.444 e. The molecule has 4 nitrogen and oxygen atoms in total. The number of rotatable bonds is 2. The second kappa shape index (κ2) is 4.97. The molecule has 2 rings (SSSR count). The normalized spacial score (nSPS) is 27.8. The molecule has 2 aliphatic rings. The van der Waals surface area contributed by atoms with Crippen LogP contribution >= 0.6 is 0 Å². The van der Waals surface area contributed by atoms with E-state index in [0.717, 1.165) is 25.7 Å². The summed E-state index contributed by atoms with van der Waals surface area (Å²) in [6, 6.07) is -0.0901. The fraction of sp³-hybridized carbons (Fsp3) is 0.933. The third kappa shape index (κ3) is 3.04. The second-order valence-corrected chi connectivity index (χ2v) is 7.19. The molecule has 0 aromatic rings. The van der Waals surface area contributed by atoms with Crippen molar-refractivity contribution in [3.05, 3.63) is 0 Å². The van der Waals surface area contributed by atoms with E-state index in [0.29, 0.717) is 12.5 Å². The molecular weight excluding hydrogens is 242 g/mol. The fourth-order valence-corrected chi connectivity index (χ4v) is 3.18. The molecule has 0 aromatic carbocycles. The van der Waals surface area contributed by atoms with Gasteiger partial charge in [0.15, 0.2) is 0 Å². The van der Waals surface area contributed by atoms with Gasteiger partial charge in [0.25, 0.3) is 0 Å². The highest BCUT2D eigenvalue weighted by Crippen LogP contribution is 2.42. The number of amides is 1. The summed E-state index contributed by atoms with van der Waals surface area (Å²) >= 11 is 0. The van der Waals surface area contributed by atoms with Crippen molar-refractivity contribution in [3.8, 4) is 0 Å². The van der Waals surface area contributed by atoms with Crippen LogP contribution in [0.25, 0.3) is 0 Å². The van der Waals surface area contributed by atoms with E-state index in [1.165, 1.54) is 6.42 Å². The smallest absolute Gasteiger partial charge is 0.410 e. The Morgan fingerprint density at radius 3 is 2.26 bits per heavy atom. The Morgan fingerprint density at radius 1 is 1.16 bits per heavy atom. The van der Waals surface area contributed by atoms with Gasteiger partial charge in [-0.3, -0.25) is 0 Å². The quantitative estimate of drug-likeness (QED) is 0.838. The molecule has 0 radical (unpaired) electrons. The fourth-order valence-electron chi connectivity index (χ4n) is 3.18. The number of nitrogens with zero attached hydrogens (tertiary/aromatic N) is 1. The van der Waals surface area contributed by atoms with Crippen molar-refractivity contribution in [2.45, 2.75) is 77.0 Å². The number of likely N-dealkylation sites (tertiary alicyclic amines) is 1. The summed E-state index contributed by atoms with van der Waals surface area (Å²) in [5.74, 6) is 0.334. The first-order valence-corrected chi connectivity index (χ1v) is 7.44. The van der Waals surface area contributed by atoms with Crippen LogP contribution in [0.5, 0.6) is 0 Å². The van der Waals surface area contributed by atoms with Gasteiger partial charge >= 0.3 is 6.09 Å². The molecule has 2 atom stereocenters. The summed E-state index contributed by atoms with van der Waals surface area (Å²) in [7, 11) is 0. The minimum absolute atomic E-state index is 0.0901. The first-order chi connectivity index (χ1) is 8.72. The van der Waals surface area contributed by atoms with Crippen LogP contribution in [0.4, 0.5) is 4.79 Å². The Kier molecular flexibility index (Phi) is 3.83. The topological polar surface area (TPSA) is 49.8 Å². The standard InChI is InChI=1S/C15H27NO3/c1-14(2,3)19-13(17)16-10-6-9-12(16)15(4,18)11-7-5-8-11/h11-12,18H,5-10H2,1-4H3/t12-,15+/m0/s1. The predicted octanol–water partition coefficient (Wildman–Crippen LogP) is 2.94. The number of carbonyl (C=O) groups is 1. The van der Waals surface area contributed by atoms with Gasteiger partial charge in [-0.15, -0.1) is 0 Å². The Morgan fingerprint density at radius 2 is 1.79 bits per heavy atom. The highest BCUT2D eigenvalue weighted by molar-refractivity contribution is 5.69. The number of ether oxygens (including phenoxy) is 1. The molecule has 0 aromatic heterocycles. The molecule has 0 bridgehead atoms. The van der Waals surface area contributed by atoms with Gasteiger partial charge in [0.1, 0.15) is 5.60 Å². The van der Waals surface area contributed by atoms with Crippen molar-refractivity contribution in [2.24, 2.45) is 5.92 Å². The molecule has 1 saturated carbocycles. The zero-order chi connectivity index (χ0) is 14.3. The van der Waals surface area contributed by atoms with Gasteiger partial charge in [-0.2, -0.15) is 0 Å². The maximum atomic E-state index is 12.2. The first-order valence-electron chi connectivity index (χ1n) is 7.44. The number of hydrogen-bond acceptors (Lipinski definition) is 3. The van der Waals surface area contributed by atoms with Gasteiger partial charge in [0.05, 0.1) is 11.6 Å². The molecule has 19 heavy (non-hydrogen) atoms. The lowest BCUT2D eigenvalue weighted by Gasteiger charge is -2.45. The summed E-state index contributed by atoms with van der Waals surface area (Å²) in [5.41, 5.74) is -1.25. The summed E-state index contributed by atoms with van der Waals surface area (Å²) < 4.78 is 5.45. The second-order valence-electron chi connectivity index (χ2n) is 7.19. The lowest BCUT2D eigenvalue weighted by molar-refractivity contribution is -0.0894. The van der Waals surface area contributed by atoms with Crippen LogP contribution in [-0.2, 0) is 4.74 Å². The zero-order valence-corrected chi connectivity index (χ0v) is 12.6. The van der Waals surface area contributed by atoms with Crippen molar-refractivity contribution >= 4 is 6.09 Å². The van der Waals surface area contributed by atoms with Gasteiger partial charge in [-0.1, -0.05) is 6.42 Å². The van der Waals surface area contributed by atoms with E-state index in [1.807, 2.05) is 27.7 Å². The molecule has 0 unspecified atom stereocenters. The summed E-state index contributed by atoms with van der Waals surface area (Å²) in [4.78, 5) is 14.0. The monoisotopic (exact) mass is 269 g/mol. The Bertz CT molecular complexity index is 342. The highest BCUT2D eigenvalue weighted by Gasteiger charge is 2.48.